The number of hydrogen-bond donors (Lipinski definition) is 0. The van der Waals surface area contributed by atoms with Crippen LogP contribution in [0.25, 0.3) is 10.2 Å². The monoisotopic (exact) mass is 362 g/mol. The fraction of sp³-hybridized carbons (Fsp3) is 0.176. The maximum atomic E-state index is 12.8. The van der Waals surface area contributed by atoms with Crippen molar-refractivity contribution in [1.29, 1.82) is 0 Å². The van der Waals surface area contributed by atoms with Crippen molar-refractivity contribution in [3.05, 3.63) is 47.0 Å². The lowest BCUT2D eigenvalue weighted by atomic mass is 10.2. The number of thiazole rings is 1. The molecule has 2 aromatic carbocycles. The first-order chi connectivity index (χ1) is 11.5. The zero-order valence-electron chi connectivity index (χ0n) is 13.4. The van der Waals surface area contributed by atoms with Crippen LogP contribution >= 0.6 is 22.9 Å². The predicted molar refractivity (Wildman–Crippen MR) is 96.9 cm³/mol. The number of hydrogen-bond acceptors (Lipinski definition) is 5. The summed E-state index contributed by atoms with van der Waals surface area (Å²) in [6.07, 6.45) is 0. The molecule has 0 N–H and O–H groups in total. The van der Waals surface area contributed by atoms with Crippen LogP contribution in [0.4, 0.5) is 5.13 Å². The largest absolute Gasteiger partial charge is 0.493 e. The molecule has 0 radical (unpaired) electrons. The summed E-state index contributed by atoms with van der Waals surface area (Å²) < 4.78 is 11.5. The lowest BCUT2D eigenvalue weighted by Gasteiger charge is -2.16. The van der Waals surface area contributed by atoms with Crippen LogP contribution in [-0.2, 0) is 0 Å². The van der Waals surface area contributed by atoms with Crippen LogP contribution in [0.5, 0.6) is 11.5 Å². The van der Waals surface area contributed by atoms with Crippen LogP contribution in [0, 0.1) is 0 Å². The average Bonchev–Trinajstić information content (AvgIpc) is 3.03. The van der Waals surface area contributed by atoms with Gasteiger partial charge < -0.3 is 9.47 Å². The Hall–Kier alpha value is -2.31. The van der Waals surface area contributed by atoms with Gasteiger partial charge in [0.15, 0.2) is 16.6 Å². The Morgan fingerprint density at radius 2 is 1.96 bits per heavy atom. The molecule has 0 aliphatic rings. The lowest BCUT2D eigenvalue weighted by Crippen LogP contribution is -2.26. The standard InChI is InChI=1S/C17H15ClN2O3S/c1-20(17-19-12-6-4-5-7-14(12)24-17)16(21)10-8-11(18)15(23-3)13(9-10)22-2/h4-9H,1-3H3. The third kappa shape index (κ3) is 2.90. The minimum absolute atomic E-state index is 0.225. The summed E-state index contributed by atoms with van der Waals surface area (Å²) in [6.45, 7) is 0. The number of carbonyl (C=O) groups excluding carboxylic acids is 1. The third-order valence-corrected chi connectivity index (χ3v) is 4.95. The normalized spacial score (nSPS) is 10.7. The molecular formula is C17H15ClN2O3S. The van der Waals surface area contributed by atoms with E-state index in [2.05, 4.69) is 4.98 Å². The molecule has 0 spiro atoms. The molecule has 0 unspecified atom stereocenters. The summed E-state index contributed by atoms with van der Waals surface area (Å²) in [5.74, 6) is 0.585. The zero-order valence-corrected chi connectivity index (χ0v) is 14.9. The fourth-order valence-electron chi connectivity index (χ4n) is 2.33. The maximum absolute atomic E-state index is 12.8. The van der Waals surface area contributed by atoms with Crippen molar-refractivity contribution in [2.45, 2.75) is 0 Å². The fourth-order valence-corrected chi connectivity index (χ4v) is 3.54. The van der Waals surface area contributed by atoms with E-state index >= 15 is 0 Å². The van der Waals surface area contributed by atoms with Crippen molar-refractivity contribution in [3.63, 3.8) is 0 Å². The molecule has 124 valence electrons. The number of amides is 1. The zero-order chi connectivity index (χ0) is 17.3. The van der Waals surface area contributed by atoms with Gasteiger partial charge in [-0.25, -0.2) is 4.98 Å². The Morgan fingerprint density at radius 3 is 2.62 bits per heavy atom. The van der Waals surface area contributed by atoms with Gasteiger partial charge in [0.1, 0.15) is 0 Å². The van der Waals surface area contributed by atoms with Crippen LogP contribution in [-0.4, -0.2) is 32.2 Å². The Balaban J connectivity index is 1.97. The van der Waals surface area contributed by atoms with E-state index in [0.29, 0.717) is 27.2 Å². The molecular weight excluding hydrogens is 348 g/mol. The van der Waals surface area contributed by atoms with Gasteiger partial charge in [-0.3, -0.25) is 9.69 Å². The summed E-state index contributed by atoms with van der Waals surface area (Å²) in [5.41, 5.74) is 1.27. The second-order valence-corrected chi connectivity index (χ2v) is 6.44. The molecule has 7 heteroatoms. The minimum atomic E-state index is -0.225. The Bertz CT molecular complexity index is 877. The van der Waals surface area contributed by atoms with Gasteiger partial charge in [0.25, 0.3) is 5.91 Å². The summed E-state index contributed by atoms with van der Waals surface area (Å²) >= 11 is 7.64. The Kier molecular flexibility index (Phi) is 4.59. The van der Waals surface area contributed by atoms with Gasteiger partial charge in [0.2, 0.25) is 0 Å². The summed E-state index contributed by atoms with van der Waals surface area (Å²) in [4.78, 5) is 18.8. The van der Waals surface area contributed by atoms with E-state index in [1.165, 1.54) is 30.5 Å². The molecule has 5 nitrogen and oxygen atoms in total. The van der Waals surface area contributed by atoms with E-state index in [1.54, 1.807) is 19.2 Å². The summed E-state index contributed by atoms with van der Waals surface area (Å²) in [5, 5.41) is 0.935. The molecule has 24 heavy (non-hydrogen) atoms. The number of anilines is 1. The highest BCUT2D eigenvalue weighted by atomic mass is 35.5. The molecule has 0 aliphatic heterocycles. The predicted octanol–water partition coefficient (Wildman–Crippen LogP) is 4.24. The van der Waals surface area contributed by atoms with Gasteiger partial charge in [-0.15, -0.1) is 0 Å². The molecule has 1 amide bonds. The number of aromatic nitrogens is 1. The van der Waals surface area contributed by atoms with Crippen LogP contribution in [0.15, 0.2) is 36.4 Å². The van der Waals surface area contributed by atoms with E-state index in [-0.39, 0.29) is 5.91 Å². The smallest absolute Gasteiger partial charge is 0.259 e. The first-order valence-electron chi connectivity index (χ1n) is 7.10. The molecule has 0 aliphatic carbocycles. The number of ether oxygens (including phenoxy) is 2. The van der Waals surface area contributed by atoms with E-state index in [0.717, 1.165) is 10.2 Å². The quantitative estimate of drug-likeness (QED) is 0.696. The highest BCUT2D eigenvalue weighted by Crippen LogP contribution is 2.37. The molecule has 0 saturated heterocycles. The van der Waals surface area contributed by atoms with Gasteiger partial charge >= 0.3 is 0 Å². The molecule has 3 aromatic rings. The van der Waals surface area contributed by atoms with E-state index < -0.39 is 0 Å². The van der Waals surface area contributed by atoms with Gasteiger partial charge in [0.05, 0.1) is 29.5 Å². The SMILES string of the molecule is COc1cc(C(=O)N(C)c2nc3ccccc3s2)cc(Cl)c1OC. The molecule has 0 saturated carbocycles. The first-order valence-corrected chi connectivity index (χ1v) is 8.29. The van der Waals surface area contributed by atoms with Crippen molar-refractivity contribution in [2.75, 3.05) is 26.2 Å². The van der Waals surface area contributed by atoms with Gasteiger partial charge in [-0.1, -0.05) is 35.1 Å². The molecule has 1 heterocycles. The number of fused-ring (bicyclic) bond motifs is 1. The van der Waals surface area contributed by atoms with Gasteiger partial charge in [-0.05, 0) is 24.3 Å². The van der Waals surface area contributed by atoms with Crippen molar-refractivity contribution < 1.29 is 14.3 Å². The number of methoxy groups -OCH3 is 2. The second-order valence-electron chi connectivity index (χ2n) is 5.02. The minimum Gasteiger partial charge on any atom is -0.493 e. The second kappa shape index (κ2) is 6.67. The molecule has 1 aromatic heterocycles. The van der Waals surface area contributed by atoms with E-state index in [4.69, 9.17) is 21.1 Å². The lowest BCUT2D eigenvalue weighted by molar-refractivity contribution is 0.0992. The van der Waals surface area contributed by atoms with Gasteiger partial charge in [-0.2, -0.15) is 0 Å². The number of halogens is 1. The van der Waals surface area contributed by atoms with E-state index in [1.807, 2.05) is 24.3 Å². The topological polar surface area (TPSA) is 51.7 Å². The average molecular weight is 363 g/mol. The number of rotatable bonds is 4. The van der Waals surface area contributed by atoms with Crippen LogP contribution < -0.4 is 14.4 Å². The number of carbonyl (C=O) groups is 1. The Morgan fingerprint density at radius 1 is 1.21 bits per heavy atom. The van der Waals surface area contributed by atoms with Crippen molar-refractivity contribution in [1.82, 2.24) is 4.98 Å². The first kappa shape index (κ1) is 16.5. The number of para-hydroxylation sites is 1. The Labute approximate surface area is 148 Å². The highest BCUT2D eigenvalue weighted by Gasteiger charge is 2.20. The number of nitrogens with zero attached hydrogens (tertiary/aromatic N) is 2. The van der Waals surface area contributed by atoms with Crippen molar-refractivity contribution in [3.8, 4) is 11.5 Å². The van der Waals surface area contributed by atoms with Crippen molar-refractivity contribution in [2.24, 2.45) is 0 Å². The van der Waals surface area contributed by atoms with Gasteiger partial charge in [0, 0.05) is 12.6 Å². The molecule has 0 bridgehead atoms. The van der Waals surface area contributed by atoms with E-state index in [9.17, 15) is 4.79 Å². The molecule has 0 fully saturated rings. The van der Waals surface area contributed by atoms with Crippen LogP contribution in [0.3, 0.4) is 0 Å². The van der Waals surface area contributed by atoms with Crippen molar-refractivity contribution >= 4 is 44.2 Å². The number of benzene rings is 2. The molecule has 0 atom stereocenters. The summed E-state index contributed by atoms with van der Waals surface area (Å²) in [7, 11) is 4.68. The summed E-state index contributed by atoms with van der Waals surface area (Å²) in [6, 6.07) is 10.9. The maximum Gasteiger partial charge on any atom is 0.259 e. The van der Waals surface area contributed by atoms with Crippen LogP contribution in [0.1, 0.15) is 10.4 Å². The highest BCUT2D eigenvalue weighted by molar-refractivity contribution is 7.22. The third-order valence-electron chi connectivity index (χ3n) is 3.55. The molecule has 3 rings (SSSR count). The van der Waals surface area contributed by atoms with Crippen LogP contribution in [0.2, 0.25) is 5.02 Å².